The largest absolute Gasteiger partial charge is 0.444 e. The van der Waals surface area contributed by atoms with Crippen LogP contribution in [0.3, 0.4) is 0 Å². The van der Waals surface area contributed by atoms with E-state index in [9.17, 15) is 14.4 Å². The second-order valence-corrected chi connectivity index (χ2v) is 8.74. The summed E-state index contributed by atoms with van der Waals surface area (Å²) >= 11 is 0. The van der Waals surface area contributed by atoms with Gasteiger partial charge in [0.2, 0.25) is 11.8 Å². The number of benzene rings is 1. The van der Waals surface area contributed by atoms with Gasteiger partial charge in [-0.15, -0.1) is 0 Å². The molecule has 1 aromatic carbocycles. The van der Waals surface area contributed by atoms with Crippen LogP contribution in [0.1, 0.15) is 64.3 Å². The molecule has 0 heterocycles. The summed E-state index contributed by atoms with van der Waals surface area (Å²) in [5.74, 6) is -0.658. The first kappa shape index (κ1) is 24.5. The fraction of sp³-hybridized carbons (Fsp3) is 0.591. The normalized spacial score (nSPS) is 13.4. The zero-order valence-electron chi connectivity index (χ0n) is 19.0. The predicted octanol–water partition coefficient (Wildman–Crippen LogP) is 3.24. The van der Waals surface area contributed by atoms with Crippen molar-refractivity contribution in [1.29, 1.82) is 0 Å². The van der Waals surface area contributed by atoms with Gasteiger partial charge in [-0.25, -0.2) is 4.79 Å². The maximum Gasteiger partial charge on any atom is 0.408 e. The molecule has 2 N–H and O–H groups in total. The molecule has 0 aromatic heterocycles. The third-order valence-corrected chi connectivity index (χ3v) is 4.25. The Morgan fingerprint density at radius 3 is 2.14 bits per heavy atom. The van der Waals surface area contributed by atoms with Crippen LogP contribution in [0.4, 0.5) is 4.79 Å². The minimum absolute atomic E-state index is 0.0732. The van der Waals surface area contributed by atoms with E-state index in [4.69, 9.17) is 4.74 Å². The van der Waals surface area contributed by atoms with Crippen molar-refractivity contribution in [3.63, 3.8) is 0 Å². The summed E-state index contributed by atoms with van der Waals surface area (Å²) in [5, 5.41) is 5.43. The van der Waals surface area contributed by atoms with Crippen LogP contribution in [0.25, 0.3) is 0 Å². The van der Waals surface area contributed by atoms with Gasteiger partial charge in [-0.05, 0) is 66.5 Å². The maximum atomic E-state index is 13.0. The molecule has 0 saturated carbocycles. The molecular weight excluding hydrogens is 370 g/mol. The monoisotopic (exact) mass is 405 g/mol. The number of hydrogen-bond donors (Lipinski definition) is 2. The summed E-state index contributed by atoms with van der Waals surface area (Å²) in [5.41, 5.74) is 1.99. The van der Waals surface area contributed by atoms with Crippen molar-refractivity contribution in [2.75, 3.05) is 7.05 Å². The van der Waals surface area contributed by atoms with Gasteiger partial charge in [0.1, 0.15) is 17.7 Å². The molecule has 1 rings (SSSR count). The molecule has 3 amide bonds. The Kier molecular flexibility index (Phi) is 8.24. The summed E-state index contributed by atoms with van der Waals surface area (Å²) in [6.07, 6.45) is -0.679. The lowest BCUT2D eigenvalue weighted by atomic mass is 9.96. The highest BCUT2D eigenvalue weighted by molar-refractivity contribution is 5.92. The van der Waals surface area contributed by atoms with E-state index in [0.29, 0.717) is 0 Å². The summed E-state index contributed by atoms with van der Waals surface area (Å²) in [7, 11) is 1.57. The summed E-state index contributed by atoms with van der Waals surface area (Å²) in [6.45, 7) is 14.4. The molecule has 0 saturated heterocycles. The van der Waals surface area contributed by atoms with Gasteiger partial charge in [-0.3, -0.25) is 9.59 Å². The highest BCUT2D eigenvalue weighted by Gasteiger charge is 2.33. The number of ether oxygens (including phenoxy) is 1. The maximum absolute atomic E-state index is 13.0. The molecule has 2 atom stereocenters. The molecule has 0 fully saturated rings. The number of amides is 3. The number of hydrogen-bond acceptors (Lipinski definition) is 4. The molecule has 0 aliphatic heterocycles. The second kappa shape index (κ2) is 9.76. The average molecular weight is 406 g/mol. The highest BCUT2D eigenvalue weighted by atomic mass is 16.6. The second-order valence-electron chi connectivity index (χ2n) is 8.74. The molecule has 0 spiro atoms. The lowest BCUT2D eigenvalue weighted by molar-refractivity contribution is -0.140. The summed E-state index contributed by atoms with van der Waals surface area (Å²) in [4.78, 5) is 39.4. The van der Waals surface area contributed by atoms with Crippen LogP contribution in [0.15, 0.2) is 18.2 Å². The van der Waals surface area contributed by atoms with Crippen molar-refractivity contribution in [3.05, 3.63) is 34.9 Å². The first-order chi connectivity index (χ1) is 13.2. The summed E-state index contributed by atoms with van der Waals surface area (Å²) in [6, 6.07) is 4.07. The van der Waals surface area contributed by atoms with Gasteiger partial charge >= 0.3 is 6.09 Å². The molecule has 29 heavy (non-hydrogen) atoms. The molecule has 2 unspecified atom stereocenters. The number of nitrogens with zero attached hydrogens (tertiary/aromatic N) is 1. The molecule has 1 aromatic rings. The van der Waals surface area contributed by atoms with E-state index in [1.165, 1.54) is 4.90 Å². The van der Waals surface area contributed by atoms with E-state index >= 15 is 0 Å². The zero-order valence-corrected chi connectivity index (χ0v) is 19.0. The smallest absolute Gasteiger partial charge is 0.408 e. The molecule has 0 radical (unpaired) electrons. The molecular formula is C22H35N3O4. The van der Waals surface area contributed by atoms with Crippen molar-refractivity contribution in [2.24, 2.45) is 0 Å². The van der Waals surface area contributed by atoms with E-state index in [1.807, 2.05) is 45.9 Å². The molecule has 0 aliphatic carbocycles. The Morgan fingerprint density at radius 2 is 1.62 bits per heavy atom. The molecule has 7 nitrogen and oxygen atoms in total. The quantitative estimate of drug-likeness (QED) is 0.761. The first-order valence-corrected chi connectivity index (χ1v) is 9.86. The molecule has 0 bridgehead atoms. The van der Waals surface area contributed by atoms with Crippen LogP contribution < -0.4 is 10.6 Å². The minimum atomic E-state index is -0.852. The topological polar surface area (TPSA) is 87.7 Å². The van der Waals surface area contributed by atoms with Crippen molar-refractivity contribution >= 4 is 17.9 Å². The third-order valence-electron chi connectivity index (χ3n) is 4.25. The van der Waals surface area contributed by atoms with Crippen molar-refractivity contribution < 1.29 is 19.1 Å². The summed E-state index contributed by atoms with van der Waals surface area (Å²) < 4.78 is 5.22. The fourth-order valence-corrected chi connectivity index (χ4v) is 2.92. The van der Waals surface area contributed by atoms with Crippen LogP contribution in [0.2, 0.25) is 0 Å². The fourth-order valence-electron chi connectivity index (χ4n) is 2.92. The van der Waals surface area contributed by atoms with Crippen molar-refractivity contribution in [2.45, 2.75) is 79.1 Å². The number of rotatable bonds is 6. The van der Waals surface area contributed by atoms with Gasteiger partial charge in [-0.1, -0.05) is 23.8 Å². The number of nitrogens with one attached hydrogen (secondary N) is 2. The van der Waals surface area contributed by atoms with Gasteiger partial charge in [0, 0.05) is 13.1 Å². The average Bonchev–Trinajstić information content (AvgIpc) is 2.54. The number of carbonyl (C=O) groups excluding carboxylic acids is 3. The molecule has 0 aliphatic rings. The van der Waals surface area contributed by atoms with Crippen LogP contribution >= 0.6 is 0 Å². The Hall–Kier alpha value is -2.57. The predicted molar refractivity (Wildman–Crippen MR) is 114 cm³/mol. The molecule has 7 heteroatoms. The lowest BCUT2D eigenvalue weighted by Crippen LogP contribution is -2.51. The van der Waals surface area contributed by atoms with Gasteiger partial charge in [0.05, 0.1) is 0 Å². The SMILES string of the molecule is Cc1ccc(C)c(C(C(=O)NC(C)C)N(C)C(=O)C(C)NC(=O)OC(C)(C)C)c1. The number of aryl methyl sites for hydroxylation is 2. The van der Waals surface area contributed by atoms with E-state index in [1.54, 1.807) is 34.7 Å². The Balaban J connectivity index is 3.14. The Labute approximate surface area is 174 Å². The van der Waals surface area contributed by atoms with E-state index < -0.39 is 23.8 Å². The van der Waals surface area contributed by atoms with Crippen LogP contribution in [-0.2, 0) is 14.3 Å². The van der Waals surface area contributed by atoms with Crippen LogP contribution in [-0.4, -0.2) is 47.5 Å². The van der Waals surface area contributed by atoms with E-state index in [0.717, 1.165) is 16.7 Å². The third kappa shape index (κ3) is 7.40. The first-order valence-electron chi connectivity index (χ1n) is 9.86. The van der Waals surface area contributed by atoms with Gasteiger partial charge in [0.25, 0.3) is 0 Å². The Morgan fingerprint density at radius 1 is 1.03 bits per heavy atom. The minimum Gasteiger partial charge on any atom is -0.444 e. The van der Waals surface area contributed by atoms with E-state index in [2.05, 4.69) is 10.6 Å². The number of likely N-dealkylation sites (N-methyl/N-ethyl adjacent to an activating group) is 1. The van der Waals surface area contributed by atoms with Crippen molar-refractivity contribution in [3.8, 4) is 0 Å². The van der Waals surface area contributed by atoms with Crippen LogP contribution in [0, 0.1) is 13.8 Å². The van der Waals surface area contributed by atoms with Crippen molar-refractivity contribution in [1.82, 2.24) is 15.5 Å². The van der Waals surface area contributed by atoms with Crippen LogP contribution in [0.5, 0.6) is 0 Å². The lowest BCUT2D eigenvalue weighted by Gasteiger charge is -2.32. The van der Waals surface area contributed by atoms with Gasteiger partial charge in [0.15, 0.2) is 0 Å². The van der Waals surface area contributed by atoms with Gasteiger partial charge in [-0.2, -0.15) is 0 Å². The zero-order chi connectivity index (χ0) is 22.5. The molecule has 162 valence electrons. The number of carbonyl (C=O) groups is 3. The highest BCUT2D eigenvalue weighted by Crippen LogP contribution is 2.25. The van der Waals surface area contributed by atoms with E-state index in [-0.39, 0.29) is 17.9 Å². The Bertz CT molecular complexity index is 753. The number of alkyl carbamates (subject to hydrolysis) is 1. The standard InChI is InChI=1S/C22H35N3O4/c1-13(2)23-19(26)18(17-12-14(3)10-11-15(17)4)25(9)20(27)16(5)24-21(28)29-22(6,7)8/h10-13,16,18H,1-9H3,(H,23,26)(H,24,28). The van der Waals surface area contributed by atoms with Gasteiger partial charge < -0.3 is 20.3 Å².